The van der Waals surface area contributed by atoms with Gasteiger partial charge in [0.05, 0.1) is 18.5 Å². The van der Waals surface area contributed by atoms with Crippen molar-refractivity contribution in [2.24, 2.45) is 5.73 Å². The van der Waals surface area contributed by atoms with E-state index in [0.29, 0.717) is 0 Å². The summed E-state index contributed by atoms with van der Waals surface area (Å²) in [4.78, 5) is 24.5. The van der Waals surface area contributed by atoms with E-state index in [0.717, 1.165) is 21.3 Å². The van der Waals surface area contributed by atoms with Gasteiger partial charge < -0.3 is 16.4 Å². The van der Waals surface area contributed by atoms with E-state index < -0.39 is 12.1 Å². The normalized spacial score (nSPS) is 13.1. The highest BCUT2D eigenvalue weighted by Crippen LogP contribution is 2.24. The zero-order valence-electron chi connectivity index (χ0n) is 13.3. The Balaban J connectivity index is 2.03. The average molecular weight is 410 g/mol. The van der Waals surface area contributed by atoms with Gasteiger partial charge in [-0.05, 0) is 35.6 Å². The van der Waals surface area contributed by atoms with Gasteiger partial charge in [-0.25, -0.2) is 4.79 Å². The summed E-state index contributed by atoms with van der Waals surface area (Å²) >= 11 is 4.89. The summed E-state index contributed by atoms with van der Waals surface area (Å²) in [5.41, 5.74) is 6.27. The zero-order chi connectivity index (χ0) is 17.5. The van der Waals surface area contributed by atoms with Crippen LogP contribution in [0.15, 0.2) is 46.3 Å². The fraction of sp³-hybridized carbons (Fsp3) is 0.294. The maximum absolute atomic E-state index is 12.4. The Labute approximate surface area is 153 Å². The predicted molar refractivity (Wildman–Crippen MR) is 99.7 cm³/mol. The maximum atomic E-state index is 12.4. The van der Waals surface area contributed by atoms with Gasteiger partial charge in [0.15, 0.2) is 0 Å². The third-order valence-electron chi connectivity index (χ3n) is 3.61. The van der Waals surface area contributed by atoms with Gasteiger partial charge in [0, 0.05) is 9.35 Å². The van der Waals surface area contributed by atoms with Gasteiger partial charge in [-0.2, -0.15) is 0 Å². The molecule has 1 heterocycles. The molecule has 0 saturated carbocycles. The molecule has 24 heavy (non-hydrogen) atoms. The number of halogens is 1. The monoisotopic (exact) mass is 409 g/mol. The molecule has 0 saturated heterocycles. The lowest BCUT2D eigenvalue weighted by Crippen LogP contribution is -2.37. The van der Waals surface area contributed by atoms with Crippen LogP contribution in [0.1, 0.15) is 42.3 Å². The van der Waals surface area contributed by atoms with E-state index in [4.69, 9.17) is 5.73 Å². The molecule has 0 fully saturated rings. The first kappa shape index (κ1) is 18.5. The van der Waals surface area contributed by atoms with Gasteiger partial charge in [-0.1, -0.05) is 41.1 Å². The molecule has 2 unspecified atom stereocenters. The van der Waals surface area contributed by atoms with E-state index in [1.54, 1.807) is 0 Å². The Morgan fingerprint density at radius 1 is 1.17 bits per heavy atom. The van der Waals surface area contributed by atoms with Gasteiger partial charge in [0.25, 0.3) is 0 Å². The minimum absolute atomic E-state index is 0.0665. The number of carbonyl (C=O) groups excluding carboxylic acids is 2. The largest absolute Gasteiger partial charge is 0.352 e. The molecule has 0 aliphatic carbocycles. The molecule has 1 aromatic carbocycles. The fourth-order valence-corrected chi connectivity index (χ4v) is 3.48. The van der Waals surface area contributed by atoms with Gasteiger partial charge in [0.1, 0.15) is 0 Å². The van der Waals surface area contributed by atoms with Crippen LogP contribution in [0.5, 0.6) is 0 Å². The number of rotatable bonds is 7. The summed E-state index contributed by atoms with van der Waals surface area (Å²) in [5, 5.41) is 7.56. The molecular formula is C17H20BrN3O2S. The number of nitrogens with one attached hydrogen (secondary N) is 2. The number of urea groups is 1. The van der Waals surface area contributed by atoms with Gasteiger partial charge in [-0.3, -0.25) is 4.79 Å². The molecule has 1 aromatic heterocycles. The third-order valence-corrected chi connectivity index (χ3v) is 5.12. The smallest absolute Gasteiger partial charge is 0.312 e. The summed E-state index contributed by atoms with van der Waals surface area (Å²) in [6, 6.07) is 10.5. The van der Waals surface area contributed by atoms with E-state index >= 15 is 0 Å². The number of nitrogens with two attached hydrogens (primary N) is 1. The number of primary amides is 1. The maximum Gasteiger partial charge on any atom is 0.312 e. The van der Waals surface area contributed by atoms with Crippen LogP contribution in [-0.4, -0.2) is 11.9 Å². The van der Waals surface area contributed by atoms with Crippen molar-refractivity contribution in [1.82, 2.24) is 10.6 Å². The summed E-state index contributed by atoms with van der Waals surface area (Å²) in [6.45, 7) is 2.02. The number of amides is 3. The Morgan fingerprint density at radius 3 is 2.42 bits per heavy atom. The zero-order valence-corrected chi connectivity index (χ0v) is 15.7. The highest BCUT2D eigenvalue weighted by molar-refractivity contribution is 9.10. The summed E-state index contributed by atoms with van der Waals surface area (Å²) < 4.78 is 0.996. The molecule has 2 atom stereocenters. The number of thiophene rings is 1. The topological polar surface area (TPSA) is 84.2 Å². The molecule has 0 radical (unpaired) electrons. The number of benzene rings is 1. The van der Waals surface area contributed by atoms with Crippen molar-refractivity contribution in [2.75, 3.05) is 0 Å². The number of hydrogen-bond donors (Lipinski definition) is 3. The summed E-state index contributed by atoms with van der Waals surface area (Å²) in [6.07, 6.45) is 0.927. The summed E-state index contributed by atoms with van der Waals surface area (Å²) in [7, 11) is 0. The minimum atomic E-state index is -0.638. The second-order valence-corrected chi connectivity index (χ2v) is 7.26. The van der Waals surface area contributed by atoms with Gasteiger partial charge in [-0.15, -0.1) is 11.3 Å². The second kappa shape index (κ2) is 8.84. The minimum Gasteiger partial charge on any atom is -0.352 e. The lowest BCUT2D eigenvalue weighted by atomic mass is 10.0. The molecular weight excluding hydrogens is 390 g/mol. The second-order valence-electron chi connectivity index (χ2n) is 5.36. The Hall–Kier alpha value is -1.86. The molecule has 0 aliphatic rings. The van der Waals surface area contributed by atoms with E-state index in [1.807, 2.05) is 48.7 Å². The van der Waals surface area contributed by atoms with Crippen LogP contribution in [0.3, 0.4) is 0 Å². The van der Waals surface area contributed by atoms with E-state index in [1.165, 1.54) is 11.3 Å². The van der Waals surface area contributed by atoms with E-state index in [-0.39, 0.29) is 18.4 Å². The van der Waals surface area contributed by atoms with Crippen molar-refractivity contribution in [3.05, 3.63) is 56.7 Å². The van der Waals surface area contributed by atoms with Gasteiger partial charge in [0.2, 0.25) is 5.91 Å². The molecule has 2 aromatic rings. The van der Waals surface area contributed by atoms with Crippen LogP contribution < -0.4 is 16.4 Å². The highest BCUT2D eigenvalue weighted by atomic mass is 79.9. The van der Waals surface area contributed by atoms with Crippen molar-refractivity contribution in [1.29, 1.82) is 0 Å². The van der Waals surface area contributed by atoms with E-state index in [9.17, 15) is 9.59 Å². The van der Waals surface area contributed by atoms with Crippen molar-refractivity contribution >= 4 is 39.2 Å². The quantitative estimate of drug-likeness (QED) is 0.647. The summed E-state index contributed by atoms with van der Waals surface area (Å²) in [5.74, 6) is -0.128. The molecule has 4 N–H and O–H groups in total. The standard InChI is InChI=1S/C17H20BrN3O2S/c1-2-13(11-5-7-12(18)8-6-11)20-16(22)10-14(21-17(19)23)15-4-3-9-24-15/h3-9,13-14H,2,10H2,1H3,(H,20,22)(H3,19,21,23). The van der Waals surface area contributed by atoms with E-state index in [2.05, 4.69) is 26.6 Å². The molecule has 0 aliphatic heterocycles. The van der Waals surface area contributed by atoms with Crippen molar-refractivity contribution in [3.8, 4) is 0 Å². The number of hydrogen-bond acceptors (Lipinski definition) is 3. The first-order valence-electron chi connectivity index (χ1n) is 7.63. The Morgan fingerprint density at radius 2 is 1.88 bits per heavy atom. The van der Waals surface area contributed by atoms with Crippen LogP contribution in [0, 0.1) is 0 Å². The van der Waals surface area contributed by atoms with Crippen molar-refractivity contribution < 1.29 is 9.59 Å². The molecule has 0 spiro atoms. The third kappa shape index (κ3) is 5.35. The molecule has 5 nitrogen and oxygen atoms in total. The highest BCUT2D eigenvalue weighted by Gasteiger charge is 2.20. The first-order chi connectivity index (χ1) is 11.5. The molecule has 7 heteroatoms. The van der Waals surface area contributed by atoms with Crippen LogP contribution in [0.4, 0.5) is 4.79 Å². The molecule has 0 bridgehead atoms. The SMILES string of the molecule is CCC(NC(=O)CC(NC(N)=O)c1cccs1)c1ccc(Br)cc1. The van der Waals surface area contributed by atoms with Crippen LogP contribution in [0.2, 0.25) is 0 Å². The Bertz CT molecular complexity index is 674. The average Bonchev–Trinajstić information content (AvgIpc) is 3.07. The van der Waals surface area contributed by atoms with Crippen LogP contribution in [0.25, 0.3) is 0 Å². The van der Waals surface area contributed by atoms with Gasteiger partial charge >= 0.3 is 6.03 Å². The molecule has 2 rings (SSSR count). The first-order valence-corrected chi connectivity index (χ1v) is 9.31. The van der Waals surface area contributed by atoms with Crippen LogP contribution in [-0.2, 0) is 4.79 Å². The Kier molecular flexibility index (Phi) is 6.81. The van der Waals surface area contributed by atoms with Crippen molar-refractivity contribution in [3.63, 3.8) is 0 Å². The lowest BCUT2D eigenvalue weighted by Gasteiger charge is -2.20. The number of carbonyl (C=O) groups is 2. The fourth-order valence-electron chi connectivity index (χ4n) is 2.44. The van der Waals surface area contributed by atoms with Crippen LogP contribution >= 0.6 is 27.3 Å². The molecule has 128 valence electrons. The predicted octanol–water partition coefficient (Wildman–Crippen LogP) is 3.88. The molecule has 3 amide bonds. The lowest BCUT2D eigenvalue weighted by molar-refractivity contribution is -0.122. The van der Waals surface area contributed by atoms with Crippen molar-refractivity contribution in [2.45, 2.75) is 31.8 Å².